The lowest BCUT2D eigenvalue weighted by molar-refractivity contribution is -0.125. The second-order valence-corrected chi connectivity index (χ2v) is 7.40. The maximum Gasteiger partial charge on any atom is 0.262 e. The first kappa shape index (κ1) is 20.5. The molecule has 3 amide bonds. The third kappa shape index (κ3) is 4.38. The van der Waals surface area contributed by atoms with Gasteiger partial charge in [0.25, 0.3) is 11.8 Å². The Balaban J connectivity index is 1.53. The molecule has 1 heterocycles. The van der Waals surface area contributed by atoms with E-state index in [9.17, 15) is 18.8 Å². The summed E-state index contributed by atoms with van der Waals surface area (Å²) in [7, 11) is 0. The summed E-state index contributed by atoms with van der Waals surface area (Å²) < 4.78 is 13.1. The van der Waals surface area contributed by atoms with Crippen LogP contribution in [0.15, 0.2) is 78.9 Å². The highest BCUT2D eigenvalue weighted by molar-refractivity contribution is 6.22. The van der Waals surface area contributed by atoms with Crippen molar-refractivity contribution in [1.29, 1.82) is 0 Å². The Morgan fingerprint density at radius 2 is 1.39 bits per heavy atom. The highest BCUT2D eigenvalue weighted by Crippen LogP contribution is 2.26. The fourth-order valence-electron chi connectivity index (χ4n) is 3.73. The molecule has 1 unspecified atom stereocenters. The van der Waals surface area contributed by atoms with Gasteiger partial charge in [-0.05, 0) is 41.8 Å². The van der Waals surface area contributed by atoms with Crippen LogP contribution in [0, 0.1) is 5.82 Å². The zero-order valence-electron chi connectivity index (χ0n) is 16.8. The van der Waals surface area contributed by atoms with Gasteiger partial charge in [-0.1, -0.05) is 54.6 Å². The van der Waals surface area contributed by atoms with E-state index in [1.807, 2.05) is 30.3 Å². The van der Waals surface area contributed by atoms with E-state index >= 15 is 0 Å². The van der Waals surface area contributed by atoms with Crippen molar-refractivity contribution in [2.45, 2.75) is 18.9 Å². The number of hydrogen-bond acceptors (Lipinski definition) is 3. The largest absolute Gasteiger partial charge is 0.354 e. The topological polar surface area (TPSA) is 66.5 Å². The molecule has 4 rings (SSSR count). The van der Waals surface area contributed by atoms with E-state index in [1.165, 1.54) is 12.1 Å². The number of halogens is 1. The second-order valence-electron chi connectivity index (χ2n) is 7.40. The first-order valence-corrected chi connectivity index (χ1v) is 10.1. The summed E-state index contributed by atoms with van der Waals surface area (Å²) in [6, 6.07) is 21.0. The van der Waals surface area contributed by atoms with Crippen LogP contribution in [-0.4, -0.2) is 35.2 Å². The lowest BCUT2D eigenvalue weighted by Gasteiger charge is -2.25. The average molecular weight is 416 g/mol. The van der Waals surface area contributed by atoms with Crippen LogP contribution in [0.25, 0.3) is 0 Å². The van der Waals surface area contributed by atoms with Crippen LogP contribution in [0.4, 0.5) is 4.39 Å². The molecule has 0 saturated carbocycles. The van der Waals surface area contributed by atoms with Gasteiger partial charge in [0.15, 0.2) is 0 Å². The number of benzene rings is 3. The Hall–Kier alpha value is -3.80. The number of carbonyl (C=O) groups excluding carboxylic acids is 3. The molecule has 0 aliphatic carbocycles. The Labute approximate surface area is 179 Å². The van der Waals surface area contributed by atoms with Gasteiger partial charge in [-0.2, -0.15) is 0 Å². The summed E-state index contributed by atoms with van der Waals surface area (Å²) in [6.45, 7) is 0.304. The zero-order valence-corrected chi connectivity index (χ0v) is 16.8. The van der Waals surface area contributed by atoms with Crippen molar-refractivity contribution in [2.75, 3.05) is 6.54 Å². The van der Waals surface area contributed by atoms with Gasteiger partial charge in [0.1, 0.15) is 11.9 Å². The van der Waals surface area contributed by atoms with E-state index in [0.717, 1.165) is 16.0 Å². The van der Waals surface area contributed by atoms with Crippen molar-refractivity contribution in [3.8, 4) is 0 Å². The summed E-state index contributed by atoms with van der Waals surface area (Å²) in [6.07, 6.45) is 0.723. The zero-order chi connectivity index (χ0) is 21.8. The Morgan fingerprint density at radius 3 is 2.00 bits per heavy atom. The van der Waals surface area contributed by atoms with Crippen LogP contribution >= 0.6 is 0 Å². The molecule has 1 aliphatic rings. The molecule has 31 heavy (non-hydrogen) atoms. The summed E-state index contributed by atoms with van der Waals surface area (Å²) in [5, 5.41) is 2.83. The third-order valence-corrected chi connectivity index (χ3v) is 5.34. The standard InChI is InChI=1S/C25H21FN2O3/c26-19-12-10-17(11-13-19)14-15-27-23(29)22(16-18-6-2-1-3-7-18)28-24(30)20-8-4-5-9-21(20)25(28)31/h1-13,22H,14-16H2,(H,27,29). The van der Waals surface area contributed by atoms with Crippen LogP contribution < -0.4 is 5.32 Å². The third-order valence-electron chi connectivity index (χ3n) is 5.34. The van der Waals surface area contributed by atoms with Gasteiger partial charge in [0.05, 0.1) is 11.1 Å². The van der Waals surface area contributed by atoms with Gasteiger partial charge in [-0.25, -0.2) is 4.39 Å². The fourth-order valence-corrected chi connectivity index (χ4v) is 3.73. The van der Waals surface area contributed by atoms with Gasteiger partial charge in [-0.3, -0.25) is 19.3 Å². The Morgan fingerprint density at radius 1 is 0.806 bits per heavy atom. The van der Waals surface area contributed by atoms with Crippen LogP contribution in [0.5, 0.6) is 0 Å². The highest BCUT2D eigenvalue weighted by Gasteiger charge is 2.42. The monoisotopic (exact) mass is 416 g/mol. The van der Waals surface area contributed by atoms with E-state index < -0.39 is 23.8 Å². The first-order valence-electron chi connectivity index (χ1n) is 10.1. The number of imide groups is 1. The molecule has 0 spiro atoms. The van der Waals surface area contributed by atoms with E-state index in [2.05, 4.69) is 5.32 Å². The van der Waals surface area contributed by atoms with Crippen LogP contribution in [0.3, 0.4) is 0 Å². The van der Waals surface area contributed by atoms with Crippen molar-refractivity contribution >= 4 is 17.7 Å². The van der Waals surface area contributed by atoms with Crippen molar-refractivity contribution in [3.05, 3.63) is 107 Å². The molecule has 0 radical (unpaired) electrons. The quantitative estimate of drug-likeness (QED) is 0.601. The number of carbonyl (C=O) groups is 3. The molecule has 3 aromatic rings. The van der Waals surface area contributed by atoms with E-state index in [1.54, 1.807) is 36.4 Å². The predicted molar refractivity (Wildman–Crippen MR) is 114 cm³/mol. The van der Waals surface area contributed by atoms with Gasteiger partial charge in [0, 0.05) is 13.0 Å². The summed E-state index contributed by atoms with van der Waals surface area (Å²) in [5.74, 6) is -1.65. The van der Waals surface area contributed by atoms with Gasteiger partial charge < -0.3 is 5.32 Å². The van der Waals surface area contributed by atoms with E-state index in [0.29, 0.717) is 24.1 Å². The minimum atomic E-state index is -0.969. The highest BCUT2D eigenvalue weighted by atomic mass is 19.1. The average Bonchev–Trinajstić information content (AvgIpc) is 3.04. The molecule has 5 nitrogen and oxygen atoms in total. The minimum Gasteiger partial charge on any atom is -0.354 e. The maximum atomic E-state index is 13.1. The fraction of sp³-hybridized carbons (Fsp3) is 0.160. The van der Waals surface area contributed by atoms with Crippen molar-refractivity contribution in [2.24, 2.45) is 0 Å². The molecule has 1 aliphatic heterocycles. The van der Waals surface area contributed by atoms with E-state index in [-0.39, 0.29) is 12.2 Å². The van der Waals surface area contributed by atoms with Crippen molar-refractivity contribution < 1.29 is 18.8 Å². The lowest BCUT2D eigenvalue weighted by atomic mass is 10.0. The number of nitrogens with one attached hydrogen (secondary N) is 1. The molecule has 3 aromatic carbocycles. The molecular formula is C25H21FN2O3. The smallest absolute Gasteiger partial charge is 0.262 e. The number of fused-ring (bicyclic) bond motifs is 1. The Bertz CT molecular complexity index is 1080. The molecule has 0 fully saturated rings. The normalized spacial score (nSPS) is 13.8. The molecule has 1 atom stereocenters. The van der Waals surface area contributed by atoms with Crippen LogP contribution in [0.1, 0.15) is 31.8 Å². The van der Waals surface area contributed by atoms with E-state index in [4.69, 9.17) is 0 Å². The van der Waals surface area contributed by atoms with Gasteiger partial charge >= 0.3 is 0 Å². The molecule has 1 N–H and O–H groups in total. The van der Waals surface area contributed by atoms with Gasteiger partial charge in [0.2, 0.25) is 5.91 Å². The second kappa shape index (κ2) is 8.92. The summed E-state index contributed by atoms with van der Waals surface area (Å²) >= 11 is 0. The van der Waals surface area contributed by atoms with Crippen molar-refractivity contribution in [3.63, 3.8) is 0 Å². The molecule has 0 bridgehead atoms. The van der Waals surface area contributed by atoms with Crippen LogP contribution in [-0.2, 0) is 17.6 Å². The number of hydrogen-bond donors (Lipinski definition) is 1. The number of nitrogens with zero attached hydrogens (tertiary/aromatic N) is 1. The van der Waals surface area contributed by atoms with Crippen molar-refractivity contribution in [1.82, 2.24) is 10.2 Å². The summed E-state index contributed by atoms with van der Waals surface area (Å²) in [5.41, 5.74) is 2.34. The molecule has 6 heteroatoms. The summed E-state index contributed by atoms with van der Waals surface area (Å²) in [4.78, 5) is 40.1. The van der Waals surface area contributed by atoms with Crippen LogP contribution in [0.2, 0.25) is 0 Å². The molecule has 156 valence electrons. The molecular weight excluding hydrogens is 395 g/mol. The molecule has 0 saturated heterocycles. The molecule has 0 aromatic heterocycles. The number of rotatable bonds is 7. The SMILES string of the molecule is O=C(NCCc1ccc(F)cc1)C(Cc1ccccc1)N1C(=O)c2ccccc2C1=O. The predicted octanol–water partition coefficient (Wildman–Crippen LogP) is 3.39. The first-order chi connectivity index (χ1) is 15.0. The Kier molecular flexibility index (Phi) is 5.89. The minimum absolute atomic E-state index is 0.217. The lowest BCUT2D eigenvalue weighted by Crippen LogP contribution is -2.51. The maximum absolute atomic E-state index is 13.1. The number of amides is 3. The van der Waals surface area contributed by atoms with Gasteiger partial charge in [-0.15, -0.1) is 0 Å².